The molecule has 2 aliphatic heterocycles. The summed E-state index contributed by atoms with van der Waals surface area (Å²) < 4.78 is 29.6. The predicted molar refractivity (Wildman–Crippen MR) is 134 cm³/mol. The van der Waals surface area contributed by atoms with Crippen LogP contribution in [0.4, 0.5) is 8.78 Å². The van der Waals surface area contributed by atoms with Crippen LogP contribution < -0.4 is 5.32 Å². The molecule has 0 saturated carbocycles. The average Bonchev–Trinajstić information content (AvgIpc) is 3.21. The van der Waals surface area contributed by atoms with Gasteiger partial charge in [0.05, 0.1) is 5.71 Å². The molecule has 0 bridgehead atoms. The van der Waals surface area contributed by atoms with Crippen LogP contribution in [-0.4, -0.2) is 34.5 Å². The van der Waals surface area contributed by atoms with Crippen molar-refractivity contribution in [2.24, 2.45) is 5.16 Å². The summed E-state index contributed by atoms with van der Waals surface area (Å²) in [5.74, 6) is 1.60. The van der Waals surface area contributed by atoms with E-state index in [4.69, 9.17) is 39.6 Å². The first-order chi connectivity index (χ1) is 16.2. The van der Waals surface area contributed by atoms with Crippen molar-refractivity contribution in [2.75, 3.05) is 11.5 Å². The molecule has 1 fully saturated rings. The number of halogens is 5. The highest BCUT2D eigenvalue weighted by Gasteiger charge is 2.60. The summed E-state index contributed by atoms with van der Waals surface area (Å²) in [4.78, 5) is 18.2. The van der Waals surface area contributed by atoms with Gasteiger partial charge >= 0.3 is 5.38 Å². The van der Waals surface area contributed by atoms with E-state index in [1.165, 1.54) is 18.2 Å². The van der Waals surface area contributed by atoms with Crippen LogP contribution in [0.25, 0.3) is 10.8 Å². The van der Waals surface area contributed by atoms with Gasteiger partial charge in [0, 0.05) is 50.7 Å². The van der Waals surface area contributed by atoms with Crippen LogP contribution in [0.1, 0.15) is 27.9 Å². The minimum absolute atomic E-state index is 0.0161. The van der Waals surface area contributed by atoms with Gasteiger partial charge in [-0.05, 0) is 46.6 Å². The molecule has 5 rings (SSSR count). The van der Waals surface area contributed by atoms with Gasteiger partial charge in [0.2, 0.25) is 5.60 Å². The maximum Gasteiger partial charge on any atom is 0.367 e. The second-order valence-corrected chi connectivity index (χ2v) is 10.6. The highest BCUT2D eigenvalue weighted by Crippen LogP contribution is 2.51. The summed E-state index contributed by atoms with van der Waals surface area (Å²) in [7, 11) is 0. The van der Waals surface area contributed by atoms with Gasteiger partial charge in [0.15, 0.2) is 0 Å². The van der Waals surface area contributed by atoms with Gasteiger partial charge in [0.1, 0.15) is 0 Å². The zero-order chi connectivity index (χ0) is 24.1. The number of fused-ring (bicyclic) bond motifs is 1. The van der Waals surface area contributed by atoms with Gasteiger partial charge in [-0.1, -0.05) is 58.7 Å². The molecule has 1 N–H and O–H groups in total. The third-order valence-corrected chi connectivity index (χ3v) is 7.99. The van der Waals surface area contributed by atoms with Crippen molar-refractivity contribution in [2.45, 2.75) is 23.4 Å². The number of hydrogen-bond acceptors (Lipinski definition) is 4. The normalized spacial score (nSPS) is 20.6. The van der Waals surface area contributed by atoms with E-state index in [2.05, 4.69) is 10.5 Å². The third-order valence-electron chi connectivity index (χ3n) is 5.97. The average molecular weight is 542 g/mol. The minimum atomic E-state index is -3.82. The fraction of sp³-hybridized carbons (Fsp3) is 0.250. The summed E-state index contributed by atoms with van der Waals surface area (Å²) in [6, 6.07) is 14.9. The smallest absolute Gasteiger partial charge is 0.367 e. The van der Waals surface area contributed by atoms with Gasteiger partial charge in [-0.3, -0.25) is 4.79 Å². The third kappa shape index (κ3) is 4.13. The number of thioether (sulfide) groups is 1. The van der Waals surface area contributed by atoms with Gasteiger partial charge in [0.25, 0.3) is 5.91 Å². The number of nitrogens with one attached hydrogen (secondary N) is 1. The lowest BCUT2D eigenvalue weighted by Gasteiger charge is -2.31. The van der Waals surface area contributed by atoms with E-state index in [9.17, 15) is 13.6 Å². The Morgan fingerprint density at radius 3 is 2.38 bits per heavy atom. The largest absolute Gasteiger partial charge is 0.376 e. The van der Waals surface area contributed by atoms with E-state index in [1.807, 2.05) is 24.3 Å². The zero-order valence-corrected chi connectivity index (χ0v) is 20.5. The zero-order valence-electron chi connectivity index (χ0n) is 17.5. The lowest BCUT2D eigenvalue weighted by atomic mass is 9.85. The first kappa shape index (κ1) is 23.7. The van der Waals surface area contributed by atoms with Crippen molar-refractivity contribution in [1.29, 1.82) is 0 Å². The number of carbonyl (C=O) groups is 1. The molecule has 4 nitrogen and oxygen atoms in total. The number of oxime groups is 1. The predicted octanol–water partition coefficient (Wildman–Crippen LogP) is 6.84. The number of rotatable bonds is 5. The summed E-state index contributed by atoms with van der Waals surface area (Å²) in [5, 5.41) is 4.95. The number of hydrogen-bond donors (Lipinski definition) is 1. The molecule has 0 aromatic heterocycles. The first-order valence-corrected chi connectivity index (χ1v) is 12.7. The summed E-state index contributed by atoms with van der Waals surface area (Å²) in [6.45, 7) is 0. The van der Waals surface area contributed by atoms with E-state index >= 15 is 0 Å². The number of nitrogens with zero attached hydrogens (tertiary/aromatic N) is 1. The van der Waals surface area contributed by atoms with Gasteiger partial charge in [-0.25, -0.2) is 0 Å². The molecule has 1 unspecified atom stereocenters. The Balaban J connectivity index is 1.54. The Kier molecular flexibility index (Phi) is 6.17. The number of amides is 1. The van der Waals surface area contributed by atoms with Crippen molar-refractivity contribution in [3.63, 3.8) is 0 Å². The van der Waals surface area contributed by atoms with Crippen molar-refractivity contribution in [1.82, 2.24) is 5.32 Å². The second kappa shape index (κ2) is 8.86. The topological polar surface area (TPSA) is 50.7 Å². The molecule has 2 aliphatic rings. The quantitative estimate of drug-likeness (QED) is 0.360. The molecule has 176 valence electrons. The van der Waals surface area contributed by atoms with Crippen LogP contribution in [0.5, 0.6) is 0 Å². The molecule has 1 saturated heterocycles. The Bertz CT molecular complexity index is 1310. The Hall–Kier alpha value is -2.06. The maximum atomic E-state index is 14.8. The number of carbonyl (C=O) groups excluding carboxylic acids is 1. The standard InChI is InChI=1S/C24H17Cl3F2N2O2S/c25-14-7-13(8-15(26)9-14)23(24(27,28)29)10-21(31-33-23)19-5-6-20(18-4-2-1-3-17(18)19)22(32)30-16-11-34-12-16/h1-9,16H,10-12H2,(H,30,32). The van der Waals surface area contributed by atoms with Crippen LogP contribution in [0.15, 0.2) is 59.8 Å². The number of alkyl halides is 3. The van der Waals surface area contributed by atoms with Crippen molar-refractivity contribution in [3.05, 3.63) is 81.3 Å². The van der Waals surface area contributed by atoms with Gasteiger partial charge in [-0.15, -0.1) is 0 Å². The molecular formula is C24H17Cl3F2N2O2S. The molecule has 3 aromatic rings. The lowest BCUT2D eigenvalue weighted by molar-refractivity contribution is -0.155. The molecule has 10 heteroatoms. The van der Waals surface area contributed by atoms with Crippen molar-refractivity contribution in [3.8, 4) is 0 Å². The molecular weight excluding hydrogens is 525 g/mol. The highest BCUT2D eigenvalue weighted by atomic mass is 35.5. The lowest BCUT2D eigenvalue weighted by Crippen LogP contribution is -2.43. The summed E-state index contributed by atoms with van der Waals surface area (Å²) in [6.07, 6.45) is -0.324. The minimum Gasteiger partial charge on any atom is -0.376 e. The maximum absolute atomic E-state index is 14.8. The van der Waals surface area contributed by atoms with E-state index in [0.717, 1.165) is 11.5 Å². The van der Waals surface area contributed by atoms with Crippen LogP contribution in [-0.2, 0) is 10.4 Å². The monoisotopic (exact) mass is 540 g/mol. The van der Waals surface area contributed by atoms with Crippen molar-refractivity contribution < 1.29 is 18.4 Å². The Morgan fingerprint density at radius 1 is 1.09 bits per heavy atom. The molecule has 3 aromatic carbocycles. The fourth-order valence-electron chi connectivity index (χ4n) is 4.17. The van der Waals surface area contributed by atoms with Crippen molar-refractivity contribution >= 4 is 69.0 Å². The molecule has 0 aliphatic carbocycles. The Labute approximate surface area is 213 Å². The van der Waals surface area contributed by atoms with Gasteiger partial charge < -0.3 is 10.2 Å². The van der Waals surface area contributed by atoms with E-state index in [0.29, 0.717) is 21.9 Å². The second-order valence-electron chi connectivity index (χ2n) is 8.20. The van der Waals surface area contributed by atoms with E-state index in [-0.39, 0.29) is 39.7 Å². The molecule has 34 heavy (non-hydrogen) atoms. The van der Waals surface area contributed by atoms with Crippen LogP contribution in [0.2, 0.25) is 10.0 Å². The first-order valence-electron chi connectivity index (χ1n) is 10.4. The highest BCUT2D eigenvalue weighted by molar-refractivity contribution is 8.00. The summed E-state index contributed by atoms with van der Waals surface area (Å²) in [5.41, 5.74) is -0.928. The molecule has 2 heterocycles. The van der Waals surface area contributed by atoms with Gasteiger partial charge in [-0.2, -0.15) is 20.5 Å². The van der Waals surface area contributed by atoms with Crippen LogP contribution in [0, 0.1) is 0 Å². The number of benzene rings is 3. The fourth-order valence-corrected chi connectivity index (χ4v) is 5.54. The SMILES string of the molecule is O=C(NC1CSC1)c1ccc(C2=NOC(c3cc(Cl)cc(Cl)c3)(C(F)(F)Cl)C2)c2ccccc12. The summed E-state index contributed by atoms with van der Waals surface area (Å²) >= 11 is 19.5. The molecule has 1 atom stereocenters. The molecule has 1 amide bonds. The van der Waals surface area contributed by atoms with E-state index in [1.54, 1.807) is 23.9 Å². The molecule has 0 spiro atoms. The van der Waals surface area contributed by atoms with E-state index < -0.39 is 11.0 Å². The van der Waals surface area contributed by atoms with Crippen LogP contribution >= 0.6 is 46.6 Å². The molecule has 0 radical (unpaired) electrons. The Morgan fingerprint density at radius 2 is 1.76 bits per heavy atom. The van der Waals surface area contributed by atoms with Crippen LogP contribution in [0.3, 0.4) is 0 Å².